The fourth-order valence-corrected chi connectivity index (χ4v) is 4.75. The van der Waals surface area contributed by atoms with Crippen LogP contribution in [0.2, 0.25) is 0 Å². The number of likely N-dealkylation sites (tertiary alicyclic amines) is 1. The number of piperidine rings is 1. The highest BCUT2D eigenvalue weighted by molar-refractivity contribution is 5.36. The quantitative estimate of drug-likeness (QED) is 0.374. The molecule has 0 bridgehead atoms. The number of benzene rings is 2. The maximum absolute atomic E-state index is 11.1. The highest BCUT2D eigenvalue weighted by atomic mass is 16.6. The van der Waals surface area contributed by atoms with E-state index in [-0.39, 0.29) is 17.7 Å². The molecule has 174 valence electrons. The molecule has 0 amide bonds. The fraction of sp³-hybridized carbons (Fsp3) is 0.500. The van der Waals surface area contributed by atoms with E-state index in [4.69, 9.17) is 4.74 Å². The highest BCUT2D eigenvalue weighted by Crippen LogP contribution is 2.39. The Labute approximate surface area is 186 Å². The molecular formula is C24H31NO7. The van der Waals surface area contributed by atoms with Crippen molar-refractivity contribution in [1.82, 2.24) is 4.90 Å². The van der Waals surface area contributed by atoms with E-state index in [0.29, 0.717) is 12.8 Å². The SMILES string of the molecule is OC[C@H]1O[C@@H](O)[C@@](O)(c2ccc(C(c3ccccc3)N3CCC(O)CC3)cc2)[C@@H](O)[C@@H]1O. The van der Waals surface area contributed by atoms with Gasteiger partial charge in [-0.3, -0.25) is 4.90 Å². The Morgan fingerprint density at radius 2 is 1.50 bits per heavy atom. The smallest absolute Gasteiger partial charge is 0.191 e. The van der Waals surface area contributed by atoms with Crippen molar-refractivity contribution < 1.29 is 35.4 Å². The first-order chi connectivity index (χ1) is 15.4. The zero-order valence-electron chi connectivity index (χ0n) is 17.7. The summed E-state index contributed by atoms with van der Waals surface area (Å²) in [5.74, 6) is 0. The van der Waals surface area contributed by atoms with Gasteiger partial charge in [0.15, 0.2) is 11.9 Å². The number of hydrogen-bond donors (Lipinski definition) is 6. The van der Waals surface area contributed by atoms with Crippen molar-refractivity contribution in [3.05, 3.63) is 71.3 Å². The lowest BCUT2D eigenvalue weighted by Gasteiger charge is -2.46. The van der Waals surface area contributed by atoms with Crippen molar-refractivity contribution in [2.75, 3.05) is 19.7 Å². The van der Waals surface area contributed by atoms with Crippen LogP contribution in [0.1, 0.15) is 35.6 Å². The summed E-state index contributed by atoms with van der Waals surface area (Å²) >= 11 is 0. The summed E-state index contributed by atoms with van der Waals surface area (Å²) in [6, 6.07) is 16.8. The van der Waals surface area contributed by atoms with Crippen LogP contribution >= 0.6 is 0 Å². The number of rotatable bonds is 5. The topological polar surface area (TPSA) is 134 Å². The fourth-order valence-electron chi connectivity index (χ4n) is 4.75. The second-order valence-corrected chi connectivity index (χ2v) is 8.67. The molecule has 2 saturated heterocycles. The van der Waals surface area contributed by atoms with Crippen molar-refractivity contribution in [3.8, 4) is 0 Å². The zero-order valence-corrected chi connectivity index (χ0v) is 17.7. The van der Waals surface area contributed by atoms with Crippen LogP contribution in [0.3, 0.4) is 0 Å². The molecule has 32 heavy (non-hydrogen) atoms. The predicted molar refractivity (Wildman–Crippen MR) is 115 cm³/mol. The average Bonchev–Trinajstić information content (AvgIpc) is 2.82. The lowest BCUT2D eigenvalue weighted by atomic mass is 9.80. The van der Waals surface area contributed by atoms with E-state index in [9.17, 15) is 30.6 Å². The molecule has 2 fully saturated rings. The highest BCUT2D eigenvalue weighted by Gasteiger charge is 2.55. The van der Waals surface area contributed by atoms with Gasteiger partial charge in [0.2, 0.25) is 0 Å². The Morgan fingerprint density at radius 1 is 0.906 bits per heavy atom. The first-order valence-electron chi connectivity index (χ1n) is 11.0. The molecule has 2 aliphatic heterocycles. The molecular weight excluding hydrogens is 414 g/mol. The number of aliphatic hydroxyl groups is 6. The molecule has 8 nitrogen and oxygen atoms in total. The normalized spacial score (nSPS) is 33.2. The summed E-state index contributed by atoms with van der Waals surface area (Å²) in [6.07, 6.45) is -5.23. The number of hydrogen-bond acceptors (Lipinski definition) is 8. The monoisotopic (exact) mass is 445 g/mol. The van der Waals surface area contributed by atoms with Gasteiger partial charge in [-0.25, -0.2) is 0 Å². The summed E-state index contributed by atoms with van der Waals surface area (Å²) in [7, 11) is 0. The molecule has 0 radical (unpaired) electrons. The number of ether oxygens (including phenoxy) is 1. The second-order valence-electron chi connectivity index (χ2n) is 8.67. The van der Waals surface area contributed by atoms with E-state index in [1.165, 1.54) is 0 Å². The standard InChI is InChI=1S/C24H31NO7/c26-14-19-21(28)22(29)24(31,23(30)32-19)17-8-6-16(7-9-17)20(15-4-2-1-3-5-15)25-12-10-18(27)11-13-25/h1-9,18-23,26-31H,10-14H2/t19-,20?,21-,22+,23-,24-/m1/s1. The van der Waals surface area contributed by atoms with E-state index in [2.05, 4.69) is 4.90 Å². The van der Waals surface area contributed by atoms with Crippen molar-refractivity contribution in [3.63, 3.8) is 0 Å². The Morgan fingerprint density at radius 3 is 2.09 bits per heavy atom. The second kappa shape index (κ2) is 9.54. The molecule has 0 aromatic heterocycles. The molecule has 6 atom stereocenters. The summed E-state index contributed by atoms with van der Waals surface area (Å²) in [5.41, 5.74) is -0.00852. The van der Waals surface area contributed by atoms with Gasteiger partial charge >= 0.3 is 0 Å². The minimum absolute atomic E-state index is 0.0609. The third-order valence-electron chi connectivity index (χ3n) is 6.68. The van der Waals surface area contributed by atoms with E-state index in [0.717, 1.165) is 24.2 Å². The Hall–Kier alpha value is -1.88. The first-order valence-corrected chi connectivity index (χ1v) is 11.0. The van der Waals surface area contributed by atoms with Gasteiger partial charge in [-0.15, -0.1) is 0 Å². The summed E-state index contributed by atoms with van der Waals surface area (Å²) in [6.45, 7) is 0.881. The minimum Gasteiger partial charge on any atom is -0.394 e. The van der Waals surface area contributed by atoms with Crippen LogP contribution in [-0.4, -0.2) is 85.9 Å². The molecule has 0 saturated carbocycles. The molecule has 6 N–H and O–H groups in total. The van der Waals surface area contributed by atoms with Crippen LogP contribution in [0.5, 0.6) is 0 Å². The van der Waals surface area contributed by atoms with Gasteiger partial charge in [-0.05, 0) is 29.5 Å². The van der Waals surface area contributed by atoms with Crippen LogP contribution in [0.4, 0.5) is 0 Å². The summed E-state index contributed by atoms with van der Waals surface area (Å²) in [5, 5.41) is 61.4. The van der Waals surface area contributed by atoms with Gasteiger partial charge in [0, 0.05) is 13.1 Å². The molecule has 2 aromatic carbocycles. The molecule has 2 aromatic rings. The van der Waals surface area contributed by atoms with Gasteiger partial charge in [0.1, 0.15) is 18.3 Å². The largest absolute Gasteiger partial charge is 0.394 e. The summed E-state index contributed by atoms with van der Waals surface area (Å²) in [4.78, 5) is 2.30. The van der Waals surface area contributed by atoms with Crippen molar-refractivity contribution in [1.29, 1.82) is 0 Å². The minimum atomic E-state index is -2.25. The maximum atomic E-state index is 11.1. The van der Waals surface area contributed by atoms with E-state index in [1.54, 1.807) is 12.1 Å². The van der Waals surface area contributed by atoms with Gasteiger partial charge < -0.3 is 35.4 Å². The molecule has 8 heteroatoms. The number of aliphatic hydroxyl groups excluding tert-OH is 5. The molecule has 2 heterocycles. The Bertz CT molecular complexity index is 872. The Kier molecular flexibility index (Phi) is 6.94. The van der Waals surface area contributed by atoms with Crippen molar-refractivity contribution in [2.24, 2.45) is 0 Å². The Balaban J connectivity index is 1.65. The first kappa shape index (κ1) is 23.3. The maximum Gasteiger partial charge on any atom is 0.191 e. The van der Waals surface area contributed by atoms with Crippen LogP contribution in [0.15, 0.2) is 54.6 Å². The third-order valence-corrected chi connectivity index (χ3v) is 6.68. The lowest BCUT2D eigenvalue weighted by molar-refractivity contribution is -0.335. The average molecular weight is 446 g/mol. The van der Waals surface area contributed by atoms with Crippen LogP contribution < -0.4 is 0 Å². The van der Waals surface area contributed by atoms with Gasteiger partial charge in [-0.2, -0.15) is 0 Å². The molecule has 1 unspecified atom stereocenters. The van der Waals surface area contributed by atoms with Crippen LogP contribution in [0, 0.1) is 0 Å². The molecule has 0 spiro atoms. The van der Waals surface area contributed by atoms with Crippen molar-refractivity contribution >= 4 is 0 Å². The van der Waals surface area contributed by atoms with Crippen LogP contribution in [0.25, 0.3) is 0 Å². The summed E-state index contributed by atoms with van der Waals surface area (Å²) < 4.78 is 5.15. The van der Waals surface area contributed by atoms with Crippen LogP contribution in [-0.2, 0) is 10.3 Å². The van der Waals surface area contributed by atoms with E-state index in [1.807, 2.05) is 42.5 Å². The molecule has 0 aliphatic carbocycles. The lowest BCUT2D eigenvalue weighted by Crippen LogP contribution is -2.64. The zero-order chi connectivity index (χ0) is 22.9. The number of nitrogens with zero attached hydrogens (tertiary/aromatic N) is 1. The third kappa shape index (κ3) is 4.21. The van der Waals surface area contributed by atoms with E-state index < -0.39 is 36.8 Å². The van der Waals surface area contributed by atoms with Gasteiger partial charge in [-0.1, -0.05) is 54.6 Å². The van der Waals surface area contributed by atoms with Crippen molar-refractivity contribution in [2.45, 2.75) is 55.2 Å². The van der Waals surface area contributed by atoms with Gasteiger partial charge in [0.25, 0.3) is 0 Å². The van der Waals surface area contributed by atoms with E-state index >= 15 is 0 Å². The molecule has 2 aliphatic rings. The molecule has 4 rings (SSSR count). The predicted octanol–water partition coefficient (Wildman–Crippen LogP) is -0.148. The van der Waals surface area contributed by atoms with Gasteiger partial charge in [0.05, 0.1) is 18.8 Å².